The van der Waals surface area contributed by atoms with Crippen LogP contribution in [-0.2, 0) is 21.0 Å². The number of carbonyl (C=O) groups excluding carboxylic acids is 2. The number of benzene rings is 4. The number of amides is 1. The fraction of sp³-hybridized carbons (Fsp3) is 0.0714. The SMILES string of the molecule is O=C(CN(c1ccc(Cl)c(C(F)(F)F)c1)S(=O)(=O)c1ccccc1)Nc1ccc(Cl)cc1C(=O)c1ccccc1. The summed E-state index contributed by atoms with van der Waals surface area (Å²) in [5.74, 6) is -1.38. The zero-order valence-corrected chi connectivity index (χ0v) is 22.7. The lowest BCUT2D eigenvalue weighted by molar-refractivity contribution is -0.137. The van der Waals surface area contributed by atoms with Gasteiger partial charge < -0.3 is 5.32 Å². The van der Waals surface area contributed by atoms with Crippen molar-refractivity contribution in [3.63, 3.8) is 0 Å². The van der Waals surface area contributed by atoms with Crippen molar-refractivity contribution in [3.8, 4) is 0 Å². The van der Waals surface area contributed by atoms with Gasteiger partial charge in [-0.15, -0.1) is 0 Å². The van der Waals surface area contributed by atoms with Crippen molar-refractivity contribution in [3.05, 3.63) is 124 Å². The number of carbonyl (C=O) groups is 2. The summed E-state index contributed by atoms with van der Waals surface area (Å²) in [5.41, 5.74) is -1.32. The second kappa shape index (κ2) is 11.7. The Morgan fingerprint density at radius 2 is 1.45 bits per heavy atom. The van der Waals surface area contributed by atoms with E-state index in [1.165, 1.54) is 42.5 Å². The van der Waals surface area contributed by atoms with Gasteiger partial charge in [0.25, 0.3) is 10.0 Å². The molecule has 1 N–H and O–H groups in total. The van der Waals surface area contributed by atoms with Crippen molar-refractivity contribution in [2.75, 3.05) is 16.2 Å². The standard InChI is InChI=1S/C28H19Cl2F3N2O4S/c29-19-11-14-25(22(15-19)27(37)18-7-3-1-4-8-18)34-26(36)17-35(40(38,39)21-9-5-2-6-10-21)20-12-13-24(30)23(16-20)28(31,32)33/h1-16H,17H2,(H,34,36). The van der Waals surface area contributed by atoms with Crippen LogP contribution in [0.15, 0.2) is 102 Å². The molecule has 206 valence electrons. The molecule has 0 radical (unpaired) electrons. The largest absolute Gasteiger partial charge is 0.417 e. The van der Waals surface area contributed by atoms with Gasteiger partial charge in [0.1, 0.15) is 6.54 Å². The Balaban J connectivity index is 1.73. The Labute approximate surface area is 238 Å². The van der Waals surface area contributed by atoms with Crippen molar-refractivity contribution in [2.45, 2.75) is 11.1 Å². The van der Waals surface area contributed by atoms with Crippen LogP contribution in [0.1, 0.15) is 21.5 Å². The van der Waals surface area contributed by atoms with Gasteiger partial charge in [0.15, 0.2) is 5.78 Å². The molecule has 6 nitrogen and oxygen atoms in total. The molecule has 0 atom stereocenters. The summed E-state index contributed by atoms with van der Waals surface area (Å²) in [6.45, 7) is -0.919. The summed E-state index contributed by atoms with van der Waals surface area (Å²) in [6.07, 6.45) is -4.88. The number of hydrogen-bond acceptors (Lipinski definition) is 4. The highest BCUT2D eigenvalue weighted by atomic mass is 35.5. The molecule has 0 aliphatic heterocycles. The van der Waals surface area contributed by atoms with Gasteiger partial charge >= 0.3 is 6.18 Å². The number of ketones is 1. The van der Waals surface area contributed by atoms with Crippen LogP contribution in [0.5, 0.6) is 0 Å². The van der Waals surface area contributed by atoms with E-state index in [1.807, 2.05) is 0 Å². The van der Waals surface area contributed by atoms with Crippen molar-refractivity contribution in [1.82, 2.24) is 0 Å². The maximum Gasteiger partial charge on any atom is 0.417 e. The molecule has 0 saturated heterocycles. The molecule has 0 spiro atoms. The van der Waals surface area contributed by atoms with E-state index in [0.29, 0.717) is 15.9 Å². The van der Waals surface area contributed by atoms with Gasteiger partial charge in [-0.25, -0.2) is 8.42 Å². The minimum Gasteiger partial charge on any atom is -0.324 e. The Bertz CT molecular complexity index is 1670. The number of nitrogens with zero attached hydrogens (tertiary/aromatic N) is 1. The van der Waals surface area contributed by atoms with Crippen LogP contribution in [0.3, 0.4) is 0 Å². The highest BCUT2D eigenvalue weighted by Crippen LogP contribution is 2.38. The van der Waals surface area contributed by atoms with Crippen molar-refractivity contribution in [1.29, 1.82) is 0 Å². The fourth-order valence-corrected chi connectivity index (χ4v) is 5.63. The molecular formula is C28H19Cl2F3N2O4S. The number of alkyl halides is 3. The van der Waals surface area contributed by atoms with Crippen LogP contribution >= 0.6 is 23.2 Å². The highest BCUT2D eigenvalue weighted by molar-refractivity contribution is 7.92. The van der Waals surface area contributed by atoms with Gasteiger partial charge in [-0.1, -0.05) is 71.7 Å². The lowest BCUT2D eigenvalue weighted by Crippen LogP contribution is -2.38. The fourth-order valence-electron chi connectivity index (χ4n) is 3.80. The van der Waals surface area contributed by atoms with E-state index in [0.717, 1.165) is 12.1 Å². The number of nitrogens with one attached hydrogen (secondary N) is 1. The highest BCUT2D eigenvalue weighted by Gasteiger charge is 2.35. The van der Waals surface area contributed by atoms with E-state index in [4.69, 9.17) is 23.2 Å². The van der Waals surface area contributed by atoms with Crippen molar-refractivity contribution < 1.29 is 31.2 Å². The van der Waals surface area contributed by atoms with Gasteiger partial charge in [0.2, 0.25) is 5.91 Å². The van der Waals surface area contributed by atoms with Gasteiger partial charge in [-0.2, -0.15) is 13.2 Å². The van der Waals surface area contributed by atoms with Crippen LogP contribution in [0.2, 0.25) is 10.0 Å². The molecule has 0 aliphatic carbocycles. The zero-order chi connectivity index (χ0) is 29.1. The van der Waals surface area contributed by atoms with Gasteiger partial charge in [0.05, 0.1) is 26.9 Å². The predicted molar refractivity (Wildman–Crippen MR) is 147 cm³/mol. The Morgan fingerprint density at radius 1 is 0.825 bits per heavy atom. The monoisotopic (exact) mass is 606 g/mol. The van der Waals surface area contributed by atoms with Gasteiger partial charge in [-0.05, 0) is 48.5 Å². The van der Waals surface area contributed by atoms with E-state index >= 15 is 0 Å². The molecule has 0 fully saturated rings. The topological polar surface area (TPSA) is 83.6 Å². The quantitative estimate of drug-likeness (QED) is 0.217. The molecule has 4 aromatic carbocycles. The van der Waals surface area contributed by atoms with Crippen molar-refractivity contribution >= 4 is 56.3 Å². The molecule has 0 bridgehead atoms. The third-order valence-electron chi connectivity index (χ3n) is 5.70. The summed E-state index contributed by atoms with van der Waals surface area (Å²) < 4.78 is 68.3. The molecule has 0 aliphatic rings. The number of halogens is 5. The molecule has 12 heteroatoms. The lowest BCUT2D eigenvalue weighted by Gasteiger charge is -2.25. The van der Waals surface area contributed by atoms with Crippen molar-refractivity contribution in [2.24, 2.45) is 0 Å². The van der Waals surface area contributed by atoms with E-state index in [2.05, 4.69) is 5.32 Å². The van der Waals surface area contributed by atoms with Crippen LogP contribution < -0.4 is 9.62 Å². The minimum atomic E-state index is -4.88. The molecule has 0 aromatic heterocycles. The van der Waals surface area contributed by atoms with Crippen LogP contribution in [0.4, 0.5) is 24.5 Å². The summed E-state index contributed by atoms with van der Waals surface area (Å²) in [6, 6.07) is 21.8. The van der Waals surface area contributed by atoms with E-state index in [9.17, 15) is 31.2 Å². The number of sulfonamides is 1. The molecule has 0 unspecified atom stereocenters. The first-order valence-corrected chi connectivity index (χ1v) is 13.7. The average Bonchev–Trinajstić information content (AvgIpc) is 2.93. The number of anilines is 2. The molecular weight excluding hydrogens is 588 g/mol. The van der Waals surface area contributed by atoms with Crippen LogP contribution in [-0.4, -0.2) is 26.7 Å². The zero-order valence-electron chi connectivity index (χ0n) is 20.3. The molecule has 0 heterocycles. The second-order valence-electron chi connectivity index (χ2n) is 8.42. The lowest BCUT2D eigenvalue weighted by atomic mass is 10.0. The van der Waals surface area contributed by atoms with Gasteiger partial charge in [-0.3, -0.25) is 13.9 Å². The molecule has 0 saturated carbocycles. The average molecular weight is 607 g/mol. The maximum atomic E-state index is 13.6. The Kier molecular flexibility index (Phi) is 8.53. The van der Waals surface area contributed by atoms with E-state index in [-0.39, 0.29) is 21.2 Å². The molecule has 40 heavy (non-hydrogen) atoms. The van der Waals surface area contributed by atoms with Crippen LogP contribution in [0.25, 0.3) is 0 Å². The summed E-state index contributed by atoms with van der Waals surface area (Å²) in [5, 5.41) is 2.07. The third-order valence-corrected chi connectivity index (χ3v) is 8.05. The Morgan fingerprint density at radius 3 is 2.08 bits per heavy atom. The first kappa shape index (κ1) is 29.1. The molecule has 4 aromatic rings. The predicted octanol–water partition coefficient (Wildman–Crippen LogP) is 7.08. The maximum absolute atomic E-state index is 13.6. The first-order valence-electron chi connectivity index (χ1n) is 11.5. The minimum absolute atomic E-state index is 0.0346. The summed E-state index contributed by atoms with van der Waals surface area (Å²) >= 11 is 11.8. The number of rotatable bonds is 8. The van der Waals surface area contributed by atoms with Gasteiger partial charge in [0, 0.05) is 16.1 Å². The summed E-state index contributed by atoms with van der Waals surface area (Å²) in [4.78, 5) is 26.1. The third kappa shape index (κ3) is 6.47. The molecule has 1 amide bonds. The smallest absolute Gasteiger partial charge is 0.324 e. The second-order valence-corrected chi connectivity index (χ2v) is 11.1. The normalized spacial score (nSPS) is 11.6. The number of hydrogen-bond donors (Lipinski definition) is 1. The molecule has 4 rings (SSSR count). The van der Waals surface area contributed by atoms with E-state index < -0.39 is 50.7 Å². The van der Waals surface area contributed by atoms with Crippen LogP contribution in [0, 0.1) is 0 Å². The Hall–Kier alpha value is -3.86. The van der Waals surface area contributed by atoms with E-state index in [1.54, 1.807) is 36.4 Å². The summed E-state index contributed by atoms with van der Waals surface area (Å²) in [7, 11) is -4.52. The first-order chi connectivity index (χ1) is 18.9.